The lowest BCUT2D eigenvalue weighted by Crippen LogP contribution is -2.44. The molecule has 1 aliphatic rings. The highest BCUT2D eigenvalue weighted by Gasteiger charge is 2.31. The van der Waals surface area contributed by atoms with Crippen LogP contribution >= 0.6 is 11.3 Å². The molecule has 1 aromatic carbocycles. The number of para-hydroxylation sites is 1. The minimum Gasteiger partial charge on any atom is -0.357 e. The summed E-state index contributed by atoms with van der Waals surface area (Å²) in [5.41, 5.74) is 1.86. The van der Waals surface area contributed by atoms with E-state index in [9.17, 15) is 4.79 Å². The number of anilines is 1. The molecule has 140 valence electrons. The quantitative estimate of drug-likeness (QED) is 0.524. The summed E-state index contributed by atoms with van der Waals surface area (Å²) in [5.74, 6) is 0.838. The zero-order chi connectivity index (χ0) is 18.6. The lowest BCUT2D eigenvalue weighted by molar-refractivity contribution is -0.117. The number of carbonyl (C=O) groups is 1. The number of nitrogens with zero attached hydrogens (tertiary/aromatic N) is 4. The van der Waals surface area contributed by atoms with E-state index in [4.69, 9.17) is 0 Å². The highest BCUT2D eigenvalue weighted by atomic mass is 32.1. The molecule has 2 aromatic heterocycles. The van der Waals surface area contributed by atoms with E-state index in [1.807, 2.05) is 64.3 Å². The Morgan fingerprint density at radius 2 is 2.22 bits per heavy atom. The van der Waals surface area contributed by atoms with Crippen LogP contribution < -0.4 is 15.5 Å². The van der Waals surface area contributed by atoms with Gasteiger partial charge in [0, 0.05) is 43.0 Å². The van der Waals surface area contributed by atoms with Crippen molar-refractivity contribution in [3.05, 3.63) is 53.8 Å². The molecule has 1 fully saturated rings. The largest absolute Gasteiger partial charge is 0.357 e. The van der Waals surface area contributed by atoms with E-state index in [2.05, 4.69) is 20.6 Å². The second-order valence-corrected chi connectivity index (χ2v) is 7.28. The standard InChI is InChI=1S/C19H22N6OS/c1-2-20-18(21-11-15-12-24-8-9-27-19(24)23-15)22-14-10-17(26)25(13-14)16-6-4-3-5-7-16/h3-9,12,14H,2,10-11,13H2,1H3,(H2,20,21,22). The molecule has 27 heavy (non-hydrogen) atoms. The average Bonchev–Trinajstić information content (AvgIpc) is 3.35. The third kappa shape index (κ3) is 3.95. The fourth-order valence-corrected chi connectivity index (χ4v) is 3.91. The number of amides is 1. The highest BCUT2D eigenvalue weighted by molar-refractivity contribution is 7.15. The molecule has 0 aliphatic carbocycles. The summed E-state index contributed by atoms with van der Waals surface area (Å²) < 4.78 is 2.00. The molecule has 0 saturated carbocycles. The molecule has 0 bridgehead atoms. The Kier molecular flexibility index (Phi) is 5.06. The van der Waals surface area contributed by atoms with Gasteiger partial charge >= 0.3 is 0 Å². The number of nitrogens with one attached hydrogen (secondary N) is 2. The number of fused-ring (bicyclic) bond motifs is 1. The van der Waals surface area contributed by atoms with Gasteiger partial charge in [0.15, 0.2) is 10.9 Å². The van der Waals surface area contributed by atoms with Crippen LogP contribution in [-0.2, 0) is 11.3 Å². The van der Waals surface area contributed by atoms with Gasteiger partial charge in [-0.25, -0.2) is 9.98 Å². The van der Waals surface area contributed by atoms with Crippen molar-refractivity contribution in [2.75, 3.05) is 18.0 Å². The number of imidazole rings is 1. The van der Waals surface area contributed by atoms with Gasteiger partial charge < -0.3 is 15.5 Å². The molecule has 1 atom stereocenters. The van der Waals surface area contributed by atoms with E-state index < -0.39 is 0 Å². The van der Waals surface area contributed by atoms with Crippen molar-refractivity contribution in [1.29, 1.82) is 0 Å². The van der Waals surface area contributed by atoms with Crippen LogP contribution in [0.1, 0.15) is 19.0 Å². The van der Waals surface area contributed by atoms with E-state index in [1.165, 1.54) is 0 Å². The first-order valence-electron chi connectivity index (χ1n) is 9.04. The second kappa shape index (κ2) is 7.79. The van der Waals surface area contributed by atoms with Crippen LogP contribution in [-0.4, -0.2) is 40.4 Å². The van der Waals surface area contributed by atoms with Crippen molar-refractivity contribution in [2.45, 2.75) is 25.9 Å². The van der Waals surface area contributed by atoms with Gasteiger partial charge in [0.25, 0.3) is 0 Å². The summed E-state index contributed by atoms with van der Waals surface area (Å²) in [6.45, 7) is 3.91. The Balaban J connectivity index is 1.42. The first kappa shape index (κ1) is 17.5. The summed E-state index contributed by atoms with van der Waals surface area (Å²) in [7, 11) is 0. The SMILES string of the molecule is CCNC(=NCc1cn2ccsc2n1)NC1CC(=O)N(c2ccccc2)C1. The Hall–Kier alpha value is -2.87. The molecule has 8 heteroatoms. The van der Waals surface area contributed by atoms with Gasteiger partial charge in [-0.1, -0.05) is 18.2 Å². The summed E-state index contributed by atoms with van der Waals surface area (Å²) >= 11 is 1.61. The van der Waals surface area contributed by atoms with Crippen LogP contribution in [0.4, 0.5) is 5.69 Å². The number of aliphatic imine (C=N–C) groups is 1. The monoisotopic (exact) mass is 382 g/mol. The molecule has 2 N–H and O–H groups in total. The molecular weight excluding hydrogens is 360 g/mol. The number of guanidine groups is 1. The first-order valence-corrected chi connectivity index (χ1v) is 9.92. The van der Waals surface area contributed by atoms with Crippen molar-refractivity contribution in [1.82, 2.24) is 20.0 Å². The fourth-order valence-electron chi connectivity index (χ4n) is 3.19. The van der Waals surface area contributed by atoms with Crippen molar-refractivity contribution in [2.24, 2.45) is 4.99 Å². The van der Waals surface area contributed by atoms with E-state index >= 15 is 0 Å². The number of carbonyl (C=O) groups excluding carboxylic acids is 1. The van der Waals surface area contributed by atoms with Crippen molar-refractivity contribution in [3.8, 4) is 0 Å². The zero-order valence-electron chi connectivity index (χ0n) is 15.1. The molecule has 0 radical (unpaired) electrons. The molecule has 3 aromatic rings. The Morgan fingerprint density at radius 3 is 3.00 bits per heavy atom. The van der Waals surface area contributed by atoms with Crippen LogP contribution in [0.15, 0.2) is 53.1 Å². The third-order valence-electron chi connectivity index (χ3n) is 4.42. The minimum absolute atomic E-state index is 0.0287. The Bertz CT molecular complexity index is 919. The van der Waals surface area contributed by atoms with E-state index in [-0.39, 0.29) is 11.9 Å². The van der Waals surface area contributed by atoms with E-state index in [1.54, 1.807) is 11.3 Å². The van der Waals surface area contributed by atoms with Crippen LogP contribution in [0.5, 0.6) is 0 Å². The third-order valence-corrected chi connectivity index (χ3v) is 5.19. The van der Waals surface area contributed by atoms with E-state index in [0.717, 1.165) is 22.9 Å². The van der Waals surface area contributed by atoms with Crippen LogP contribution in [0, 0.1) is 0 Å². The van der Waals surface area contributed by atoms with Gasteiger partial charge in [0.1, 0.15) is 0 Å². The number of benzene rings is 1. The normalized spacial score (nSPS) is 17.7. The van der Waals surface area contributed by atoms with Gasteiger partial charge in [-0.3, -0.25) is 9.20 Å². The van der Waals surface area contributed by atoms with Gasteiger partial charge in [-0.15, -0.1) is 11.3 Å². The topological polar surface area (TPSA) is 74.0 Å². The number of hydrogen-bond donors (Lipinski definition) is 2. The molecular formula is C19H22N6OS. The molecule has 1 unspecified atom stereocenters. The average molecular weight is 382 g/mol. The molecule has 1 aliphatic heterocycles. The number of rotatable bonds is 5. The Labute approximate surface area is 161 Å². The number of thiazole rings is 1. The number of aromatic nitrogens is 2. The van der Waals surface area contributed by atoms with Gasteiger partial charge in [0.2, 0.25) is 5.91 Å². The maximum Gasteiger partial charge on any atom is 0.229 e. The fraction of sp³-hybridized carbons (Fsp3) is 0.316. The number of hydrogen-bond acceptors (Lipinski definition) is 4. The molecule has 4 rings (SSSR count). The predicted molar refractivity (Wildman–Crippen MR) is 108 cm³/mol. The molecule has 7 nitrogen and oxygen atoms in total. The van der Waals surface area contributed by atoms with Crippen LogP contribution in [0.3, 0.4) is 0 Å². The summed E-state index contributed by atoms with van der Waals surface area (Å²) in [6, 6.07) is 9.81. The van der Waals surface area contributed by atoms with Gasteiger partial charge in [-0.05, 0) is 19.1 Å². The summed E-state index contributed by atoms with van der Waals surface area (Å²) in [6.07, 6.45) is 4.45. The molecule has 3 heterocycles. The maximum absolute atomic E-state index is 12.4. The first-order chi connectivity index (χ1) is 13.2. The van der Waals surface area contributed by atoms with Crippen LogP contribution in [0.2, 0.25) is 0 Å². The van der Waals surface area contributed by atoms with Crippen molar-refractivity contribution in [3.63, 3.8) is 0 Å². The second-order valence-electron chi connectivity index (χ2n) is 6.41. The van der Waals surface area contributed by atoms with Crippen molar-refractivity contribution >= 4 is 33.9 Å². The summed E-state index contributed by atoms with van der Waals surface area (Å²) in [4.78, 5) is 24.4. The smallest absolute Gasteiger partial charge is 0.229 e. The van der Waals surface area contributed by atoms with Gasteiger partial charge in [0.05, 0.1) is 18.3 Å². The zero-order valence-corrected chi connectivity index (χ0v) is 15.9. The molecule has 1 amide bonds. The summed E-state index contributed by atoms with van der Waals surface area (Å²) in [5, 5.41) is 8.65. The predicted octanol–water partition coefficient (Wildman–Crippen LogP) is 2.26. The van der Waals surface area contributed by atoms with Crippen LogP contribution in [0.25, 0.3) is 4.96 Å². The van der Waals surface area contributed by atoms with Gasteiger partial charge in [-0.2, -0.15) is 0 Å². The lowest BCUT2D eigenvalue weighted by atomic mass is 10.2. The maximum atomic E-state index is 12.4. The van der Waals surface area contributed by atoms with E-state index in [0.29, 0.717) is 25.5 Å². The highest BCUT2D eigenvalue weighted by Crippen LogP contribution is 2.21. The Morgan fingerprint density at radius 1 is 1.37 bits per heavy atom. The molecule has 0 spiro atoms. The minimum atomic E-state index is 0.0287. The molecule has 1 saturated heterocycles. The van der Waals surface area contributed by atoms with Crippen molar-refractivity contribution < 1.29 is 4.79 Å². The lowest BCUT2D eigenvalue weighted by Gasteiger charge is -2.18.